The number of piperazine rings is 1. The lowest BCUT2D eigenvalue weighted by Gasteiger charge is -2.35. The molecule has 1 atom stereocenters. The molecule has 2 fully saturated rings. The molecule has 2 aliphatic heterocycles. The van der Waals surface area contributed by atoms with E-state index in [2.05, 4.69) is 26.8 Å². The SMILES string of the molecule is CN1CCN(c2ncc(-c3cccnc3)c(C3CCCN(C(=O)C=CC(=O)O)C3)n2)CC1. The minimum Gasteiger partial charge on any atom is -0.478 e. The van der Waals surface area contributed by atoms with Gasteiger partial charge in [0.05, 0.1) is 5.69 Å². The normalized spacial score (nSPS) is 20.0. The summed E-state index contributed by atoms with van der Waals surface area (Å²) in [6.07, 6.45) is 9.16. The average molecular weight is 437 g/mol. The van der Waals surface area contributed by atoms with Gasteiger partial charge in [0.2, 0.25) is 11.9 Å². The lowest BCUT2D eigenvalue weighted by Crippen LogP contribution is -2.45. The summed E-state index contributed by atoms with van der Waals surface area (Å²) in [5.41, 5.74) is 2.79. The summed E-state index contributed by atoms with van der Waals surface area (Å²) in [6, 6.07) is 3.88. The third-order valence-corrected chi connectivity index (χ3v) is 6.05. The average Bonchev–Trinajstić information content (AvgIpc) is 2.83. The summed E-state index contributed by atoms with van der Waals surface area (Å²) in [5.74, 6) is -0.655. The highest BCUT2D eigenvalue weighted by molar-refractivity contribution is 5.94. The number of nitrogens with zero attached hydrogens (tertiary/aromatic N) is 6. The summed E-state index contributed by atoms with van der Waals surface area (Å²) in [6.45, 7) is 4.78. The lowest BCUT2D eigenvalue weighted by molar-refractivity contribution is -0.132. The molecule has 0 aromatic carbocycles. The van der Waals surface area contributed by atoms with E-state index in [1.165, 1.54) is 0 Å². The number of likely N-dealkylation sites (tertiary alicyclic amines) is 1. The second-order valence-electron chi connectivity index (χ2n) is 8.30. The molecule has 4 heterocycles. The first kappa shape index (κ1) is 21.9. The summed E-state index contributed by atoms with van der Waals surface area (Å²) >= 11 is 0. The molecule has 1 N–H and O–H groups in total. The highest BCUT2D eigenvalue weighted by atomic mass is 16.4. The first-order valence-electron chi connectivity index (χ1n) is 10.9. The number of amides is 1. The van der Waals surface area contributed by atoms with Gasteiger partial charge in [0.1, 0.15) is 0 Å². The van der Waals surface area contributed by atoms with Crippen LogP contribution in [0, 0.1) is 0 Å². The van der Waals surface area contributed by atoms with Gasteiger partial charge in [-0.2, -0.15) is 0 Å². The van der Waals surface area contributed by atoms with Gasteiger partial charge in [-0.15, -0.1) is 0 Å². The van der Waals surface area contributed by atoms with E-state index in [9.17, 15) is 9.59 Å². The van der Waals surface area contributed by atoms with E-state index in [0.717, 1.165) is 73.9 Å². The van der Waals surface area contributed by atoms with Crippen LogP contribution in [0.4, 0.5) is 5.95 Å². The van der Waals surface area contributed by atoms with Crippen LogP contribution in [0.5, 0.6) is 0 Å². The van der Waals surface area contributed by atoms with E-state index >= 15 is 0 Å². The van der Waals surface area contributed by atoms with Crippen LogP contribution in [0.15, 0.2) is 42.9 Å². The largest absolute Gasteiger partial charge is 0.478 e. The Balaban J connectivity index is 1.64. The van der Waals surface area contributed by atoms with Gasteiger partial charge >= 0.3 is 5.97 Å². The van der Waals surface area contributed by atoms with Crippen molar-refractivity contribution in [2.75, 3.05) is 51.2 Å². The first-order chi connectivity index (χ1) is 15.5. The predicted molar refractivity (Wildman–Crippen MR) is 120 cm³/mol. The summed E-state index contributed by atoms with van der Waals surface area (Å²) in [4.78, 5) is 43.4. The van der Waals surface area contributed by atoms with Gasteiger partial charge in [0.25, 0.3) is 0 Å². The monoisotopic (exact) mass is 436 g/mol. The fourth-order valence-electron chi connectivity index (χ4n) is 4.25. The van der Waals surface area contributed by atoms with Crippen LogP contribution in [-0.2, 0) is 9.59 Å². The Morgan fingerprint density at radius 2 is 1.94 bits per heavy atom. The van der Waals surface area contributed by atoms with E-state index in [0.29, 0.717) is 13.1 Å². The quantitative estimate of drug-likeness (QED) is 0.706. The van der Waals surface area contributed by atoms with Crippen LogP contribution < -0.4 is 4.90 Å². The Hall–Kier alpha value is -3.33. The van der Waals surface area contributed by atoms with Crippen molar-refractivity contribution in [2.24, 2.45) is 0 Å². The molecular formula is C23H28N6O3. The molecule has 168 valence electrons. The zero-order valence-electron chi connectivity index (χ0n) is 18.2. The Labute approximate surface area is 187 Å². The Morgan fingerprint density at radius 1 is 1.12 bits per heavy atom. The second kappa shape index (κ2) is 9.86. The molecule has 0 aliphatic carbocycles. The van der Waals surface area contributed by atoms with Crippen LogP contribution in [0.1, 0.15) is 24.5 Å². The molecule has 9 nitrogen and oxygen atoms in total. The molecular weight excluding hydrogens is 408 g/mol. The minimum absolute atomic E-state index is 0.0374. The Bertz CT molecular complexity index is 988. The number of likely N-dealkylation sites (N-methyl/N-ethyl adjacent to an activating group) is 1. The van der Waals surface area contributed by atoms with Gasteiger partial charge in [-0.3, -0.25) is 9.78 Å². The molecule has 0 saturated carbocycles. The van der Waals surface area contributed by atoms with Crippen LogP contribution in [-0.4, -0.2) is 88.1 Å². The smallest absolute Gasteiger partial charge is 0.328 e. The summed E-state index contributed by atoms with van der Waals surface area (Å²) in [7, 11) is 2.11. The molecule has 2 aromatic rings. The number of aliphatic carboxylic acids is 1. The molecule has 0 radical (unpaired) electrons. The van der Waals surface area contributed by atoms with Gasteiger partial charge in [-0.05, 0) is 26.0 Å². The van der Waals surface area contributed by atoms with Crippen molar-refractivity contribution in [3.8, 4) is 11.1 Å². The van der Waals surface area contributed by atoms with E-state index in [1.807, 2.05) is 18.3 Å². The van der Waals surface area contributed by atoms with Crippen molar-refractivity contribution < 1.29 is 14.7 Å². The van der Waals surface area contributed by atoms with Crippen LogP contribution >= 0.6 is 0 Å². The molecule has 32 heavy (non-hydrogen) atoms. The number of anilines is 1. The second-order valence-corrected chi connectivity index (χ2v) is 8.30. The number of carboxylic acids is 1. The van der Waals surface area contributed by atoms with E-state index in [-0.39, 0.29) is 11.8 Å². The molecule has 1 unspecified atom stereocenters. The number of piperidine rings is 1. The van der Waals surface area contributed by atoms with Crippen molar-refractivity contribution in [1.82, 2.24) is 24.8 Å². The fraction of sp³-hybridized carbons (Fsp3) is 0.435. The predicted octanol–water partition coefficient (Wildman–Crippen LogP) is 1.64. The highest BCUT2D eigenvalue weighted by Gasteiger charge is 2.28. The van der Waals surface area contributed by atoms with Gasteiger partial charge in [-0.25, -0.2) is 14.8 Å². The number of carbonyl (C=O) groups is 2. The maximum Gasteiger partial charge on any atom is 0.328 e. The number of pyridine rings is 1. The summed E-state index contributed by atoms with van der Waals surface area (Å²) < 4.78 is 0. The van der Waals surface area contributed by atoms with Gasteiger partial charge < -0.3 is 19.8 Å². The molecule has 4 rings (SSSR count). The molecule has 9 heteroatoms. The molecule has 1 amide bonds. The van der Waals surface area contributed by atoms with E-state index in [1.54, 1.807) is 17.3 Å². The van der Waals surface area contributed by atoms with Crippen molar-refractivity contribution in [3.63, 3.8) is 0 Å². The van der Waals surface area contributed by atoms with E-state index in [4.69, 9.17) is 10.1 Å². The van der Waals surface area contributed by atoms with Crippen molar-refractivity contribution in [2.45, 2.75) is 18.8 Å². The number of rotatable bonds is 5. The zero-order valence-corrected chi connectivity index (χ0v) is 18.2. The number of hydrogen-bond donors (Lipinski definition) is 1. The lowest BCUT2D eigenvalue weighted by atomic mass is 9.90. The standard InChI is InChI=1S/C23H28N6O3/c1-27-10-12-28(13-11-27)23-25-15-19(17-4-2-8-24-14-17)22(26-23)18-5-3-9-29(16-18)20(30)6-7-21(31)32/h2,4,6-8,14-15,18H,3,5,9-13,16H2,1H3,(H,31,32). The third kappa shape index (κ3) is 5.11. The maximum absolute atomic E-state index is 12.5. The number of aromatic nitrogens is 3. The van der Waals surface area contributed by atoms with Crippen molar-refractivity contribution in [1.29, 1.82) is 0 Å². The summed E-state index contributed by atoms with van der Waals surface area (Å²) in [5, 5.41) is 8.84. The van der Waals surface area contributed by atoms with Crippen molar-refractivity contribution >= 4 is 17.8 Å². The fourth-order valence-corrected chi connectivity index (χ4v) is 4.25. The molecule has 2 aromatic heterocycles. The van der Waals surface area contributed by atoms with Crippen LogP contribution in [0.3, 0.4) is 0 Å². The van der Waals surface area contributed by atoms with Crippen LogP contribution in [0.25, 0.3) is 11.1 Å². The molecule has 2 aliphatic rings. The minimum atomic E-state index is -1.13. The molecule has 0 spiro atoms. The Kier molecular flexibility index (Phi) is 6.75. The van der Waals surface area contributed by atoms with Gasteiger partial charge in [-0.1, -0.05) is 6.07 Å². The molecule has 0 bridgehead atoms. The van der Waals surface area contributed by atoms with Gasteiger partial charge in [0, 0.05) is 87.1 Å². The third-order valence-electron chi connectivity index (χ3n) is 6.05. The zero-order chi connectivity index (χ0) is 22.5. The topological polar surface area (TPSA) is 103 Å². The first-order valence-corrected chi connectivity index (χ1v) is 10.9. The Morgan fingerprint density at radius 3 is 2.66 bits per heavy atom. The van der Waals surface area contributed by atoms with Crippen LogP contribution in [0.2, 0.25) is 0 Å². The van der Waals surface area contributed by atoms with E-state index < -0.39 is 5.97 Å². The number of hydrogen-bond acceptors (Lipinski definition) is 7. The van der Waals surface area contributed by atoms with Gasteiger partial charge in [0.15, 0.2) is 0 Å². The van der Waals surface area contributed by atoms with Crippen molar-refractivity contribution in [3.05, 3.63) is 48.6 Å². The highest BCUT2D eigenvalue weighted by Crippen LogP contribution is 2.34. The molecule has 2 saturated heterocycles. The number of carbonyl (C=O) groups excluding carboxylic acids is 1. The maximum atomic E-state index is 12.5. The number of carboxylic acid groups (broad SMARTS) is 1.